The normalized spacial score (nSPS) is 10.3. The number of hydrogen-bond acceptors (Lipinski definition) is 3. The molecule has 0 saturated heterocycles. The molecule has 15 heavy (non-hydrogen) atoms. The van der Waals surface area contributed by atoms with Gasteiger partial charge in [0.15, 0.2) is 0 Å². The standard InChI is InChI=1S/C11H10ClN3/c12-10-5-1-4-9(15-10)11-8(7-13)3-2-6-14-11/h1-6H,7,13H2. The molecule has 4 heteroatoms. The quantitative estimate of drug-likeness (QED) is 0.789. The van der Waals surface area contributed by atoms with E-state index in [0.29, 0.717) is 11.7 Å². The molecule has 0 radical (unpaired) electrons. The summed E-state index contributed by atoms with van der Waals surface area (Å²) in [6, 6.07) is 9.24. The number of halogens is 1. The summed E-state index contributed by atoms with van der Waals surface area (Å²) in [5.74, 6) is 0. The number of aromatic nitrogens is 2. The molecule has 0 aliphatic carbocycles. The zero-order chi connectivity index (χ0) is 10.7. The molecule has 2 heterocycles. The molecule has 0 amide bonds. The molecule has 76 valence electrons. The first-order chi connectivity index (χ1) is 7.31. The monoisotopic (exact) mass is 219 g/mol. The summed E-state index contributed by atoms with van der Waals surface area (Å²) in [4.78, 5) is 8.46. The van der Waals surface area contributed by atoms with Crippen LogP contribution >= 0.6 is 11.6 Å². The van der Waals surface area contributed by atoms with Gasteiger partial charge >= 0.3 is 0 Å². The number of pyridine rings is 2. The van der Waals surface area contributed by atoms with E-state index < -0.39 is 0 Å². The summed E-state index contributed by atoms with van der Waals surface area (Å²) < 4.78 is 0. The van der Waals surface area contributed by atoms with Crippen LogP contribution in [0.1, 0.15) is 5.56 Å². The highest BCUT2D eigenvalue weighted by atomic mass is 35.5. The lowest BCUT2D eigenvalue weighted by molar-refractivity contribution is 1.05. The molecule has 2 aromatic heterocycles. The van der Waals surface area contributed by atoms with Crippen molar-refractivity contribution in [1.82, 2.24) is 9.97 Å². The first-order valence-corrected chi connectivity index (χ1v) is 4.96. The summed E-state index contributed by atoms with van der Waals surface area (Å²) in [5.41, 5.74) is 8.14. The molecule has 0 saturated carbocycles. The summed E-state index contributed by atoms with van der Waals surface area (Å²) in [6.45, 7) is 0.442. The zero-order valence-corrected chi connectivity index (χ0v) is 8.78. The molecule has 0 spiro atoms. The van der Waals surface area contributed by atoms with Gasteiger partial charge in [0.2, 0.25) is 0 Å². The van der Waals surface area contributed by atoms with E-state index in [1.807, 2.05) is 24.3 Å². The highest BCUT2D eigenvalue weighted by Crippen LogP contribution is 2.20. The number of nitrogens with two attached hydrogens (primary N) is 1. The zero-order valence-electron chi connectivity index (χ0n) is 8.02. The number of rotatable bonds is 2. The summed E-state index contributed by atoms with van der Waals surface area (Å²) in [6.07, 6.45) is 1.72. The van der Waals surface area contributed by atoms with Crippen LogP contribution in [0.5, 0.6) is 0 Å². The maximum Gasteiger partial charge on any atom is 0.129 e. The van der Waals surface area contributed by atoms with Crippen molar-refractivity contribution in [2.75, 3.05) is 0 Å². The lowest BCUT2D eigenvalue weighted by Gasteiger charge is -2.05. The van der Waals surface area contributed by atoms with Crippen LogP contribution in [0, 0.1) is 0 Å². The molecule has 0 atom stereocenters. The van der Waals surface area contributed by atoms with E-state index in [2.05, 4.69) is 9.97 Å². The molecule has 2 rings (SSSR count). The predicted octanol–water partition coefficient (Wildman–Crippen LogP) is 2.26. The molecule has 2 aromatic rings. The molecule has 0 aromatic carbocycles. The average Bonchev–Trinajstić information content (AvgIpc) is 2.29. The van der Waals surface area contributed by atoms with Crippen molar-refractivity contribution in [1.29, 1.82) is 0 Å². The Hall–Kier alpha value is -1.45. The Morgan fingerprint density at radius 2 is 2.07 bits per heavy atom. The van der Waals surface area contributed by atoms with Gasteiger partial charge in [0.1, 0.15) is 5.15 Å². The minimum atomic E-state index is 0.442. The third-order valence-corrected chi connectivity index (χ3v) is 2.28. The third-order valence-electron chi connectivity index (χ3n) is 2.07. The van der Waals surface area contributed by atoms with Gasteiger partial charge in [0.25, 0.3) is 0 Å². The highest BCUT2D eigenvalue weighted by molar-refractivity contribution is 6.29. The van der Waals surface area contributed by atoms with Crippen LogP contribution in [-0.4, -0.2) is 9.97 Å². The Morgan fingerprint density at radius 1 is 1.20 bits per heavy atom. The van der Waals surface area contributed by atoms with Gasteiger partial charge in [0, 0.05) is 12.7 Å². The first kappa shape index (κ1) is 10.1. The minimum Gasteiger partial charge on any atom is -0.326 e. The molecule has 0 unspecified atom stereocenters. The molecule has 0 fully saturated rings. The van der Waals surface area contributed by atoms with Crippen LogP contribution in [0.15, 0.2) is 36.5 Å². The molecular formula is C11H10ClN3. The Morgan fingerprint density at radius 3 is 2.80 bits per heavy atom. The summed E-state index contributed by atoms with van der Waals surface area (Å²) in [7, 11) is 0. The van der Waals surface area contributed by atoms with Crippen LogP contribution < -0.4 is 5.73 Å². The van der Waals surface area contributed by atoms with Crippen LogP contribution in [0.2, 0.25) is 5.15 Å². The maximum absolute atomic E-state index is 5.82. The second kappa shape index (κ2) is 4.38. The van der Waals surface area contributed by atoms with Crippen LogP contribution in [0.4, 0.5) is 0 Å². The largest absolute Gasteiger partial charge is 0.326 e. The van der Waals surface area contributed by atoms with Crippen LogP contribution in [0.3, 0.4) is 0 Å². The van der Waals surface area contributed by atoms with Gasteiger partial charge in [-0.2, -0.15) is 0 Å². The topological polar surface area (TPSA) is 51.8 Å². The van der Waals surface area contributed by atoms with Gasteiger partial charge in [0.05, 0.1) is 11.4 Å². The van der Waals surface area contributed by atoms with Crippen molar-refractivity contribution < 1.29 is 0 Å². The van der Waals surface area contributed by atoms with E-state index >= 15 is 0 Å². The molecule has 0 aliphatic heterocycles. The van der Waals surface area contributed by atoms with Gasteiger partial charge < -0.3 is 5.73 Å². The van der Waals surface area contributed by atoms with Crippen LogP contribution in [0.25, 0.3) is 11.4 Å². The minimum absolute atomic E-state index is 0.442. The van der Waals surface area contributed by atoms with Crippen molar-refractivity contribution in [3.05, 3.63) is 47.2 Å². The summed E-state index contributed by atoms with van der Waals surface area (Å²) >= 11 is 5.82. The number of hydrogen-bond donors (Lipinski definition) is 1. The highest BCUT2D eigenvalue weighted by Gasteiger charge is 2.06. The molecule has 0 aliphatic rings. The maximum atomic E-state index is 5.82. The SMILES string of the molecule is NCc1cccnc1-c1cccc(Cl)n1. The lowest BCUT2D eigenvalue weighted by atomic mass is 10.1. The Balaban J connectivity index is 2.53. The van der Waals surface area contributed by atoms with E-state index in [4.69, 9.17) is 17.3 Å². The smallest absolute Gasteiger partial charge is 0.129 e. The Labute approximate surface area is 92.9 Å². The van der Waals surface area contributed by atoms with Crippen molar-refractivity contribution in [3.63, 3.8) is 0 Å². The Bertz CT molecular complexity index is 471. The molecular weight excluding hydrogens is 210 g/mol. The fourth-order valence-corrected chi connectivity index (χ4v) is 1.54. The second-order valence-corrected chi connectivity index (χ2v) is 3.45. The third kappa shape index (κ3) is 2.14. The Kier molecular flexibility index (Phi) is 2.94. The van der Waals surface area contributed by atoms with Gasteiger partial charge in [-0.3, -0.25) is 4.98 Å². The van der Waals surface area contributed by atoms with Crippen molar-refractivity contribution in [3.8, 4) is 11.4 Å². The second-order valence-electron chi connectivity index (χ2n) is 3.06. The summed E-state index contributed by atoms with van der Waals surface area (Å²) in [5, 5.41) is 0.459. The van der Waals surface area contributed by atoms with Gasteiger partial charge in [-0.1, -0.05) is 23.7 Å². The van der Waals surface area contributed by atoms with E-state index in [1.165, 1.54) is 0 Å². The van der Waals surface area contributed by atoms with Crippen LogP contribution in [-0.2, 0) is 6.54 Å². The van der Waals surface area contributed by atoms with Gasteiger partial charge in [-0.15, -0.1) is 0 Å². The molecule has 0 bridgehead atoms. The predicted molar refractivity (Wildman–Crippen MR) is 60.4 cm³/mol. The van der Waals surface area contributed by atoms with E-state index in [-0.39, 0.29) is 0 Å². The fourth-order valence-electron chi connectivity index (χ4n) is 1.37. The molecule has 2 N–H and O–H groups in total. The lowest BCUT2D eigenvalue weighted by Crippen LogP contribution is -2.01. The first-order valence-electron chi connectivity index (χ1n) is 4.58. The number of nitrogens with zero attached hydrogens (tertiary/aromatic N) is 2. The fraction of sp³-hybridized carbons (Fsp3) is 0.0909. The average molecular weight is 220 g/mol. The van der Waals surface area contributed by atoms with Crippen molar-refractivity contribution >= 4 is 11.6 Å². The van der Waals surface area contributed by atoms with Gasteiger partial charge in [-0.05, 0) is 23.8 Å². The van der Waals surface area contributed by atoms with E-state index in [0.717, 1.165) is 17.0 Å². The van der Waals surface area contributed by atoms with Crippen molar-refractivity contribution in [2.45, 2.75) is 6.54 Å². The van der Waals surface area contributed by atoms with E-state index in [9.17, 15) is 0 Å². The molecule has 3 nitrogen and oxygen atoms in total. The van der Waals surface area contributed by atoms with Gasteiger partial charge in [-0.25, -0.2) is 4.98 Å². The van der Waals surface area contributed by atoms with E-state index in [1.54, 1.807) is 12.3 Å². The van der Waals surface area contributed by atoms with Crippen molar-refractivity contribution in [2.24, 2.45) is 5.73 Å².